The van der Waals surface area contributed by atoms with Crippen molar-refractivity contribution in [3.05, 3.63) is 98.3 Å². The number of hydrogen-bond donors (Lipinski definition) is 0. The van der Waals surface area contributed by atoms with Gasteiger partial charge in [-0.05, 0) is 49.2 Å². The number of aryl methyl sites for hydroxylation is 2. The van der Waals surface area contributed by atoms with Crippen LogP contribution in [-0.2, 0) is 0 Å². The van der Waals surface area contributed by atoms with Gasteiger partial charge >= 0.3 is 0 Å². The maximum Gasteiger partial charge on any atom is 0.211 e. The zero-order valence-electron chi connectivity index (χ0n) is 16.1. The number of hydrogen-bond acceptors (Lipinski definition) is 4. The Labute approximate surface area is 182 Å². The Morgan fingerprint density at radius 2 is 1.72 bits per heavy atom. The lowest BCUT2D eigenvalue weighted by molar-refractivity contribution is 0.852. The summed E-state index contributed by atoms with van der Waals surface area (Å²) in [6.45, 7) is 4.16. The third-order valence-corrected chi connectivity index (χ3v) is 5.81. The summed E-state index contributed by atoms with van der Waals surface area (Å²) in [5.41, 5.74) is 6.13. The van der Waals surface area contributed by atoms with Crippen LogP contribution in [0.25, 0.3) is 11.3 Å². The first-order valence-electron chi connectivity index (χ1n) is 9.14. The van der Waals surface area contributed by atoms with Crippen molar-refractivity contribution in [3.63, 3.8) is 0 Å². The largest absolute Gasteiger partial charge is 0.255 e. The first-order chi connectivity index (χ1) is 14.1. The normalized spacial score (nSPS) is 12.0. The minimum Gasteiger partial charge on any atom is -0.255 e. The molecule has 0 aliphatic rings. The molecule has 0 fully saturated rings. The molecule has 0 atom stereocenters. The van der Waals surface area contributed by atoms with E-state index in [1.807, 2.05) is 35.0 Å². The van der Waals surface area contributed by atoms with Crippen LogP contribution in [0.3, 0.4) is 0 Å². The highest BCUT2D eigenvalue weighted by Gasteiger charge is 2.09. The molecule has 144 valence electrons. The molecule has 0 saturated carbocycles. The number of para-hydroxylation sites is 1. The molecule has 2 heterocycles. The van der Waals surface area contributed by atoms with E-state index in [2.05, 4.69) is 70.5 Å². The Balaban J connectivity index is 1.89. The SMILES string of the molecule is Cc1cccc(C)c1N=c1scc(-c2ccc(Br)cc2)n1N=Cc1ccccn1. The van der Waals surface area contributed by atoms with Gasteiger partial charge in [-0.3, -0.25) is 4.98 Å². The number of halogens is 1. The van der Waals surface area contributed by atoms with Gasteiger partial charge in [0.1, 0.15) is 0 Å². The standard InChI is InChI=1S/C23H19BrN4S/c1-16-6-5-7-17(2)22(16)27-23-28(26-14-20-8-3-4-13-25-20)21(15-29-23)18-9-11-19(24)12-10-18/h3-15H,1-2H3. The van der Waals surface area contributed by atoms with Crippen LogP contribution in [0.15, 0.2) is 86.8 Å². The fourth-order valence-electron chi connectivity index (χ4n) is 2.95. The Morgan fingerprint density at radius 3 is 2.41 bits per heavy atom. The molecule has 29 heavy (non-hydrogen) atoms. The van der Waals surface area contributed by atoms with Crippen molar-refractivity contribution >= 4 is 39.2 Å². The molecule has 0 bridgehead atoms. The molecule has 0 aliphatic heterocycles. The Hall–Kier alpha value is -2.83. The van der Waals surface area contributed by atoms with E-state index in [9.17, 15) is 0 Å². The van der Waals surface area contributed by atoms with Gasteiger partial charge in [0.25, 0.3) is 0 Å². The minimum absolute atomic E-state index is 0.797. The van der Waals surface area contributed by atoms with Gasteiger partial charge in [0.15, 0.2) is 0 Å². The Morgan fingerprint density at radius 1 is 0.966 bits per heavy atom. The van der Waals surface area contributed by atoms with E-state index < -0.39 is 0 Å². The second-order valence-electron chi connectivity index (χ2n) is 6.57. The van der Waals surface area contributed by atoms with Crippen LogP contribution in [0.4, 0.5) is 5.69 Å². The summed E-state index contributed by atoms with van der Waals surface area (Å²) in [5.74, 6) is 0. The van der Waals surface area contributed by atoms with E-state index in [1.54, 1.807) is 23.7 Å². The summed E-state index contributed by atoms with van der Waals surface area (Å²) in [5, 5.41) is 6.81. The van der Waals surface area contributed by atoms with Crippen molar-refractivity contribution in [2.24, 2.45) is 10.1 Å². The van der Waals surface area contributed by atoms with Crippen LogP contribution < -0.4 is 4.80 Å². The predicted octanol–water partition coefficient (Wildman–Crippen LogP) is 6.11. The van der Waals surface area contributed by atoms with E-state index in [1.165, 1.54) is 0 Å². The number of aromatic nitrogens is 2. The molecule has 0 spiro atoms. The van der Waals surface area contributed by atoms with Gasteiger partial charge in [-0.25, -0.2) is 9.67 Å². The number of rotatable bonds is 4. The number of pyridine rings is 1. The zero-order valence-corrected chi connectivity index (χ0v) is 18.5. The fourth-order valence-corrected chi connectivity index (χ4v) is 4.06. The summed E-state index contributed by atoms with van der Waals surface area (Å²) >= 11 is 5.08. The van der Waals surface area contributed by atoms with Crippen LogP contribution in [0.1, 0.15) is 16.8 Å². The average Bonchev–Trinajstić information content (AvgIpc) is 3.13. The molecular formula is C23H19BrN4S. The first kappa shape index (κ1) is 19.5. The third kappa shape index (κ3) is 4.44. The van der Waals surface area contributed by atoms with Gasteiger partial charge in [0, 0.05) is 21.6 Å². The molecule has 4 aromatic rings. The van der Waals surface area contributed by atoms with Crippen molar-refractivity contribution in [2.45, 2.75) is 13.8 Å². The molecule has 0 aliphatic carbocycles. The molecule has 0 N–H and O–H groups in total. The smallest absolute Gasteiger partial charge is 0.211 e. The highest BCUT2D eigenvalue weighted by Crippen LogP contribution is 2.25. The summed E-state index contributed by atoms with van der Waals surface area (Å²) in [4.78, 5) is 10.1. The molecule has 2 aromatic heterocycles. The van der Waals surface area contributed by atoms with Crippen molar-refractivity contribution in [2.75, 3.05) is 0 Å². The molecular weight excluding hydrogens is 444 g/mol. The molecule has 6 heteroatoms. The van der Waals surface area contributed by atoms with E-state index >= 15 is 0 Å². The summed E-state index contributed by atoms with van der Waals surface area (Å²) in [7, 11) is 0. The van der Waals surface area contributed by atoms with Crippen LogP contribution in [-0.4, -0.2) is 15.9 Å². The van der Waals surface area contributed by atoms with Crippen LogP contribution in [0.2, 0.25) is 0 Å². The second-order valence-corrected chi connectivity index (χ2v) is 8.33. The topological polar surface area (TPSA) is 42.5 Å². The second kappa shape index (κ2) is 8.68. The van der Waals surface area contributed by atoms with E-state index in [-0.39, 0.29) is 0 Å². The maximum absolute atomic E-state index is 4.95. The Kier molecular flexibility index (Phi) is 5.83. The maximum atomic E-state index is 4.95. The molecule has 0 amide bonds. The summed E-state index contributed by atoms with van der Waals surface area (Å²) in [6.07, 6.45) is 3.52. The Bertz CT molecular complexity index is 1200. The van der Waals surface area contributed by atoms with Gasteiger partial charge in [-0.15, -0.1) is 11.3 Å². The third-order valence-electron chi connectivity index (χ3n) is 4.47. The van der Waals surface area contributed by atoms with Crippen molar-refractivity contribution in [3.8, 4) is 11.3 Å². The highest BCUT2D eigenvalue weighted by molar-refractivity contribution is 9.10. The number of benzene rings is 2. The minimum atomic E-state index is 0.797. The lowest BCUT2D eigenvalue weighted by Crippen LogP contribution is -2.12. The van der Waals surface area contributed by atoms with E-state index in [4.69, 9.17) is 10.1 Å². The molecule has 4 rings (SSSR count). The van der Waals surface area contributed by atoms with Gasteiger partial charge < -0.3 is 0 Å². The van der Waals surface area contributed by atoms with Gasteiger partial charge in [0.05, 0.1) is 23.3 Å². The van der Waals surface area contributed by atoms with Crippen molar-refractivity contribution in [1.29, 1.82) is 0 Å². The van der Waals surface area contributed by atoms with E-state index in [0.717, 1.165) is 43.0 Å². The summed E-state index contributed by atoms with van der Waals surface area (Å²) in [6, 6.07) is 20.2. The quantitative estimate of drug-likeness (QED) is 0.337. The predicted molar refractivity (Wildman–Crippen MR) is 124 cm³/mol. The molecule has 0 unspecified atom stereocenters. The highest BCUT2D eigenvalue weighted by atomic mass is 79.9. The zero-order chi connectivity index (χ0) is 20.2. The summed E-state index contributed by atoms with van der Waals surface area (Å²) < 4.78 is 2.93. The average molecular weight is 463 g/mol. The van der Waals surface area contributed by atoms with Crippen LogP contribution in [0.5, 0.6) is 0 Å². The number of thiazole rings is 1. The van der Waals surface area contributed by atoms with Gasteiger partial charge in [-0.1, -0.05) is 52.3 Å². The molecule has 0 saturated heterocycles. The number of nitrogens with zero attached hydrogens (tertiary/aromatic N) is 4. The van der Waals surface area contributed by atoms with Crippen molar-refractivity contribution in [1.82, 2.24) is 9.66 Å². The van der Waals surface area contributed by atoms with Crippen molar-refractivity contribution < 1.29 is 0 Å². The molecule has 4 nitrogen and oxygen atoms in total. The lowest BCUT2D eigenvalue weighted by Gasteiger charge is -2.06. The fraction of sp³-hybridized carbons (Fsp3) is 0.0870. The molecule has 2 aromatic carbocycles. The van der Waals surface area contributed by atoms with Crippen LogP contribution >= 0.6 is 27.3 Å². The van der Waals surface area contributed by atoms with Gasteiger partial charge in [0.2, 0.25) is 4.80 Å². The lowest BCUT2D eigenvalue weighted by atomic mass is 10.1. The monoisotopic (exact) mass is 462 g/mol. The first-order valence-corrected chi connectivity index (χ1v) is 10.8. The van der Waals surface area contributed by atoms with Gasteiger partial charge in [-0.2, -0.15) is 5.10 Å². The van der Waals surface area contributed by atoms with E-state index in [0.29, 0.717) is 0 Å². The van der Waals surface area contributed by atoms with Crippen LogP contribution in [0, 0.1) is 13.8 Å². The molecule has 0 radical (unpaired) electrons.